The van der Waals surface area contributed by atoms with E-state index < -0.39 is 0 Å². The fourth-order valence-corrected chi connectivity index (χ4v) is 4.49. The minimum Gasteiger partial charge on any atom is -0.311 e. The Hall–Kier alpha value is -1.69. The average molecular weight is 413 g/mol. The summed E-state index contributed by atoms with van der Waals surface area (Å²) in [4.78, 5) is 7.59. The molecular weight excluding hydrogens is 388 g/mol. The van der Waals surface area contributed by atoms with Crippen molar-refractivity contribution in [3.05, 3.63) is 58.8 Å². The van der Waals surface area contributed by atoms with Crippen LogP contribution in [0.3, 0.4) is 0 Å². The molecule has 0 saturated carbocycles. The molecule has 2 aromatic heterocycles. The Balaban J connectivity index is 0.00000168. The molecule has 0 spiro atoms. The zero-order chi connectivity index (χ0) is 16.8. The summed E-state index contributed by atoms with van der Waals surface area (Å²) in [6.45, 7) is 3.22. The summed E-state index contributed by atoms with van der Waals surface area (Å²) in [6.07, 6.45) is 4.76. The predicted octanol–water partition coefficient (Wildman–Crippen LogP) is 4.34. The highest BCUT2D eigenvalue weighted by Gasteiger charge is 2.34. The van der Waals surface area contributed by atoms with Gasteiger partial charge in [0.2, 0.25) is 0 Å². The van der Waals surface area contributed by atoms with Crippen LogP contribution in [-0.2, 0) is 6.54 Å². The Bertz CT molecular complexity index is 894. The molecule has 3 saturated heterocycles. The smallest absolute Gasteiger partial charge is 0.137 e. The van der Waals surface area contributed by atoms with E-state index in [2.05, 4.69) is 79.2 Å². The number of aromatic nitrogens is 2. The summed E-state index contributed by atoms with van der Waals surface area (Å²) < 4.78 is 3.36. The van der Waals surface area contributed by atoms with Gasteiger partial charge in [-0.3, -0.25) is 4.90 Å². The Kier molecular flexibility index (Phi) is 4.86. The van der Waals surface area contributed by atoms with E-state index in [1.54, 1.807) is 0 Å². The Morgan fingerprint density at radius 3 is 2.65 bits per heavy atom. The second kappa shape index (κ2) is 7.14. The highest BCUT2D eigenvalue weighted by atomic mass is 79.9. The van der Waals surface area contributed by atoms with Crippen LogP contribution in [0.2, 0.25) is 0 Å². The van der Waals surface area contributed by atoms with Crippen LogP contribution in [0, 0.1) is 0 Å². The molecule has 4 nitrogen and oxygen atoms in total. The number of fused-ring (bicyclic) bond motifs is 4. The van der Waals surface area contributed by atoms with E-state index in [4.69, 9.17) is 4.98 Å². The number of pyridine rings is 1. The first-order chi connectivity index (χ1) is 12.3. The second-order valence-electron chi connectivity index (χ2n) is 7.11. The van der Waals surface area contributed by atoms with Crippen LogP contribution < -0.4 is 5.32 Å². The van der Waals surface area contributed by atoms with Crippen molar-refractivity contribution >= 4 is 21.6 Å². The highest BCUT2D eigenvalue weighted by Crippen LogP contribution is 2.30. The molecule has 2 bridgehead atoms. The van der Waals surface area contributed by atoms with Crippen LogP contribution in [0.1, 0.15) is 26.0 Å². The van der Waals surface area contributed by atoms with E-state index in [0.717, 1.165) is 35.4 Å². The maximum absolute atomic E-state index is 4.95. The maximum Gasteiger partial charge on any atom is 0.137 e. The van der Waals surface area contributed by atoms with Crippen molar-refractivity contribution in [3.8, 4) is 11.3 Å². The fourth-order valence-electron chi connectivity index (χ4n) is 4.22. The molecule has 2 atom stereocenters. The summed E-state index contributed by atoms with van der Waals surface area (Å²) in [5.41, 5.74) is 4.61. The summed E-state index contributed by atoms with van der Waals surface area (Å²) in [6, 6.07) is 16.0. The van der Waals surface area contributed by atoms with Crippen LogP contribution >= 0.6 is 15.9 Å². The molecule has 1 aromatic carbocycles. The molecule has 6 rings (SSSR count). The lowest BCUT2D eigenvalue weighted by Gasteiger charge is -2.46. The first-order valence-electron chi connectivity index (χ1n) is 8.97. The third-order valence-corrected chi connectivity index (χ3v) is 6.09. The molecule has 3 aromatic rings. The number of piperazine rings is 1. The number of rotatable bonds is 3. The molecule has 26 heavy (non-hydrogen) atoms. The van der Waals surface area contributed by atoms with E-state index >= 15 is 0 Å². The number of halogens is 1. The van der Waals surface area contributed by atoms with Gasteiger partial charge < -0.3 is 9.72 Å². The monoisotopic (exact) mass is 412 g/mol. The molecular formula is C21H25BrN4. The van der Waals surface area contributed by atoms with E-state index in [0.29, 0.717) is 12.1 Å². The summed E-state index contributed by atoms with van der Waals surface area (Å²) >= 11 is 3.53. The molecule has 0 radical (unpaired) electrons. The third-order valence-electron chi connectivity index (χ3n) is 5.56. The van der Waals surface area contributed by atoms with Crippen molar-refractivity contribution in [3.63, 3.8) is 0 Å². The SMILES string of the molecule is Brc1ccc(-c2nc3ccccn3c2CN2CC3CCC2CN3)cc1.C. The number of benzene rings is 1. The second-order valence-corrected chi connectivity index (χ2v) is 8.02. The number of nitrogens with zero attached hydrogens (tertiary/aromatic N) is 3. The minimum atomic E-state index is 0. The average Bonchev–Trinajstić information content (AvgIpc) is 3.02. The Morgan fingerprint density at radius 1 is 1.12 bits per heavy atom. The first-order valence-corrected chi connectivity index (χ1v) is 9.76. The normalized spacial score (nSPS) is 22.5. The first kappa shape index (κ1) is 17.7. The highest BCUT2D eigenvalue weighted by molar-refractivity contribution is 9.10. The van der Waals surface area contributed by atoms with Crippen molar-refractivity contribution in [2.45, 2.75) is 38.9 Å². The van der Waals surface area contributed by atoms with Gasteiger partial charge in [-0.15, -0.1) is 0 Å². The lowest BCUT2D eigenvalue weighted by Crippen LogP contribution is -2.60. The number of hydrogen-bond donors (Lipinski definition) is 1. The molecule has 1 N–H and O–H groups in total. The molecule has 5 heteroatoms. The topological polar surface area (TPSA) is 32.6 Å². The zero-order valence-electron chi connectivity index (χ0n) is 14.0. The van der Waals surface area contributed by atoms with Crippen molar-refractivity contribution in [2.75, 3.05) is 13.1 Å². The molecule has 2 unspecified atom stereocenters. The van der Waals surface area contributed by atoms with Crippen LogP contribution in [0.25, 0.3) is 16.9 Å². The molecule has 3 aliphatic heterocycles. The van der Waals surface area contributed by atoms with Crippen LogP contribution in [0.15, 0.2) is 53.1 Å². The zero-order valence-corrected chi connectivity index (χ0v) is 15.6. The van der Waals surface area contributed by atoms with Crippen molar-refractivity contribution in [2.24, 2.45) is 0 Å². The quantitative estimate of drug-likeness (QED) is 0.694. The van der Waals surface area contributed by atoms with Gasteiger partial charge in [-0.05, 0) is 37.1 Å². The number of imidazole rings is 1. The van der Waals surface area contributed by atoms with Gasteiger partial charge in [-0.25, -0.2) is 4.98 Å². The Labute approximate surface area is 163 Å². The maximum atomic E-state index is 4.95. The van der Waals surface area contributed by atoms with Crippen molar-refractivity contribution in [1.29, 1.82) is 0 Å². The van der Waals surface area contributed by atoms with Gasteiger partial charge in [-0.2, -0.15) is 0 Å². The summed E-state index contributed by atoms with van der Waals surface area (Å²) in [5.74, 6) is 0. The number of piperidine rings is 2. The van der Waals surface area contributed by atoms with Crippen LogP contribution in [0.4, 0.5) is 0 Å². The third kappa shape index (κ3) is 3.08. The van der Waals surface area contributed by atoms with E-state index in [9.17, 15) is 0 Å². The van der Waals surface area contributed by atoms with Crippen LogP contribution in [0.5, 0.6) is 0 Å². The lowest BCUT2D eigenvalue weighted by molar-refractivity contribution is 0.0674. The molecule has 0 aliphatic carbocycles. The van der Waals surface area contributed by atoms with Crippen LogP contribution in [-0.4, -0.2) is 39.5 Å². The van der Waals surface area contributed by atoms with E-state index in [1.165, 1.54) is 24.1 Å². The van der Waals surface area contributed by atoms with Crippen molar-refractivity contribution in [1.82, 2.24) is 19.6 Å². The summed E-state index contributed by atoms with van der Waals surface area (Å²) in [5, 5.41) is 3.65. The largest absolute Gasteiger partial charge is 0.311 e. The molecule has 3 fully saturated rings. The van der Waals surface area contributed by atoms with Gasteiger partial charge in [0.1, 0.15) is 5.65 Å². The lowest BCUT2D eigenvalue weighted by atomic mass is 9.93. The molecule has 0 amide bonds. The summed E-state index contributed by atoms with van der Waals surface area (Å²) in [7, 11) is 0. The Morgan fingerprint density at radius 2 is 1.96 bits per heavy atom. The van der Waals surface area contributed by atoms with E-state index in [-0.39, 0.29) is 7.43 Å². The fraction of sp³-hybridized carbons (Fsp3) is 0.381. The van der Waals surface area contributed by atoms with E-state index in [1.807, 2.05) is 0 Å². The molecule has 3 aliphatic rings. The van der Waals surface area contributed by atoms with Gasteiger partial charge in [-0.1, -0.05) is 41.6 Å². The predicted molar refractivity (Wildman–Crippen MR) is 110 cm³/mol. The number of hydrogen-bond acceptors (Lipinski definition) is 3. The van der Waals surface area contributed by atoms with Gasteiger partial charge >= 0.3 is 0 Å². The standard InChI is InChI=1S/C20H21BrN4.CH4/c21-15-6-4-14(5-7-15)20-18(25-10-2-1-3-19(25)23-20)13-24-12-16-8-9-17(24)11-22-16;/h1-7,10,16-17,22H,8-9,11-13H2;1H4. The van der Waals surface area contributed by atoms with Gasteiger partial charge in [0.05, 0.1) is 11.4 Å². The van der Waals surface area contributed by atoms with Gasteiger partial charge in [0.15, 0.2) is 0 Å². The molecule has 136 valence electrons. The van der Waals surface area contributed by atoms with Crippen molar-refractivity contribution < 1.29 is 0 Å². The minimum absolute atomic E-state index is 0. The molecule has 5 heterocycles. The van der Waals surface area contributed by atoms with Gasteiger partial charge in [0.25, 0.3) is 0 Å². The van der Waals surface area contributed by atoms with Gasteiger partial charge in [0, 0.05) is 48.0 Å². The number of nitrogens with one attached hydrogen (secondary N) is 1.